The van der Waals surface area contributed by atoms with Crippen molar-refractivity contribution in [2.24, 2.45) is 0 Å². The second-order valence-corrected chi connectivity index (χ2v) is 3.92. The molecule has 1 aliphatic rings. The van der Waals surface area contributed by atoms with Crippen molar-refractivity contribution in [2.45, 2.75) is 12.5 Å². The fraction of sp³-hybridized carbons (Fsp3) is 0.444. The molecule has 1 amide bonds. The van der Waals surface area contributed by atoms with Crippen LogP contribution in [0.2, 0.25) is 0 Å². The summed E-state index contributed by atoms with van der Waals surface area (Å²) in [5, 5.41) is 2.83. The Morgan fingerprint density at radius 1 is 1.57 bits per heavy atom. The monoisotopic (exact) mass is 259 g/mol. The van der Waals surface area contributed by atoms with Crippen molar-refractivity contribution in [1.29, 1.82) is 0 Å². The standard InChI is InChI=1S/C9H10BrNO3/c10-8-2-1-7(14-8)9(12)11-6-3-4-13-5-6/h1-2,6H,3-5H2,(H,11,12). The number of amides is 1. The minimum absolute atomic E-state index is 0.117. The van der Waals surface area contributed by atoms with Gasteiger partial charge in [0.1, 0.15) is 0 Å². The van der Waals surface area contributed by atoms with Crippen LogP contribution in [0.1, 0.15) is 17.0 Å². The fourth-order valence-corrected chi connectivity index (χ4v) is 1.65. The Balaban J connectivity index is 1.95. The maximum absolute atomic E-state index is 11.5. The van der Waals surface area contributed by atoms with Crippen molar-refractivity contribution in [2.75, 3.05) is 13.2 Å². The molecule has 1 aromatic rings. The number of furan rings is 1. The Morgan fingerprint density at radius 2 is 2.43 bits per heavy atom. The third-order valence-electron chi connectivity index (χ3n) is 2.06. The van der Waals surface area contributed by atoms with Crippen molar-refractivity contribution in [3.8, 4) is 0 Å². The topological polar surface area (TPSA) is 51.5 Å². The number of hydrogen-bond donors (Lipinski definition) is 1. The molecule has 0 saturated carbocycles. The van der Waals surface area contributed by atoms with Crippen LogP contribution in [0, 0.1) is 0 Å². The number of rotatable bonds is 2. The highest BCUT2D eigenvalue weighted by atomic mass is 79.9. The van der Waals surface area contributed by atoms with Crippen LogP contribution < -0.4 is 5.32 Å². The Morgan fingerprint density at radius 3 is 3.00 bits per heavy atom. The van der Waals surface area contributed by atoms with E-state index in [1.54, 1.807) is 12.1 Å². The van der Waals surface area contributed by atoms with E-state index in [9.17, 15) is 4.79 Å². The number of carbonyl (C=O) groups excluding carboxylic acids is 1. The molecular weight excluding hydrogens is 250 g/mol. The summed E-state index contributed by atoms with van der Waals surface area (Å²) in [4.78, 5) is 11.5. The van der Waals surface area contributed by atoms with Crippen molar-refractivity contribution in [3.05, 3.63) is 22.6 Å². The van der Waals surface area contributed by atoms with Gasteiger partial charge >= 0.3 is 0 Å². The quantitative estimate of drug-likeness (QED) is 0.877. The first-order valence-electron chi connectivity index (χ1n) is 4.39. The van der Waals surface area contributed by atoms with Crippen LogP contribution in [-0.4, -0.2) is 25.2 Å². The van der Waals surface area contributed by atoms with Crippen molar-refractivity contribution >= 4 is 21.8 Å². The van der Waals surface area contributed by atoms with Crippen molar-refractivity contribution in [3.63, 3.8) is 0 Å². The van der Waals surface area contributed by atoms with Gasteiger partial charge < -0.3 is 14.5 Å². The summed E-state index contributed by atoms with van der Waals surface area (Å²) in [5.74, 6) is 0.134. The summed E-state index contributed by atoms with van der Waals surface area (Å²) in [5.41, 5.74) is 0. The highest BCUT2D eigenvalue weighted by Gasteiger charge is 2.19. The summed E-state index contributed by atoms with van der Waals surface area (Å²) in [6.45, 7) is 1.31. The lowest BCUT2D eigenvalue weighted by atomic mass is 10.2. The maximum atomic E-state index is 11.5. The predicted molar refractivity (Wildman–Crippen MR) is 53.1 cm³/mol. The molecule has 1 saturated heterocycles. The van der Waals surface area contributed by atoms with Crippen LogP contribution in [0.15, 0.2) is 21.2 Å². The summed E-state index contributed by atoms with van der Waals surface area (Å²) in [7, 11) is 0. The smallest absolute Gasteiger partial charge is 0.287 e. The van der Waals surface area contributed by atoms with Gasteiger partial charge in [-0.15, -0.1) is 0 Å². The molecular formula is C9H10BrNO3. The highest BCUT2D eigenvalue weighted by molar-refractivity contribution is 9.10. The van der Waals surface area contributed by atoms with Crippen LogP contribution in [-0.2, 0) is 4.74 Å². The molecule has 0 bridgehead atoms. The Kier molecular flexibility index (Phi) is 2.88. The number of ether oxygens (including phenoxy) is 1. The highest BCUT2D eigenvalue weighted by Crippen LogP contribution is 2.14. The van der Waals surface area contributed by atoms with E-state index in [1.165, 1.54) is 0 Å². The second-order valence-electron chi connectivity index (χ2n) is 3.14. The lowest BCUT2D eigenvalue weighted by Crippen LogP contribution is -2.34. The SMILES string of the molecule is O=C(NC1CCOC1)c1ccc(Br)o1. The summed E-state index contributed by atoms with van der Waals surface area (Å²) in [6, 6.07) is 3.45. The second kappa shape index (κ2) is 4.14. The van der Waals surface area contributed by atoms with E-state index < -0.39 is 0 Å². The Bertz CT molecular complexity index is 331. The molecule has 14 heavy (non-hydrogen) atoms. The predicted octanol–water partition coefficient (Wildman–Crippen LogP) is 1.56. The molecule has 0 radical (unpaired) electrons. The van der Waals surface area contributed by atoms with Gasteiger partial charge in [0.2, 0.25) is 0 Å². The largest absolute Gasteiger partial charge is 0.444 e. The van der Waals surface area contributed by atoms with Crippen LogP contribution >= 0.6 is 15.9 Å². The van der Waals surface area contributed by atoms with Gasteiger partial charge in [0, 0.05) is 6.61 Å². The molecule has 0 aliphatic carbocycles. The zero-order chi connectivity index (χ0) is 9.97. The van der Waals surface area contributed by atoms with Gasteiger partial charge in [0.15, 0.2) is 10.4 Å². The zero-order valence-electron chi connectivity index (χ0n) is 7.46. The lowest BCUT2D eigenvalue weighted by Gasteiger charge is -2.08. The normalized spacial score (nSPS) is 21.1. The number of hydrogen-bond acceptors (Lipinski definition) is 3. The third kappa shape index (κ3) is 2.16. The Labute approximate surface area is 89.7 Å². The van der Waals surface area contributed by atoms with Gasteiger partial charge in [-0.1, -0.05) is 0 Å². The van der Waals surface area contributed by atoms with E-state index in [0.29, 0.717) is 23.6 Å². The molecule has 1 aromatic heterocycles. The van der Waals surface area contributed by atoms with Gasteiger partial charge in [0.05, 0.1) is 12.6 Å². The number of halogens is 1. The summed E-state index contributed by atoms with van der Waals surface area (Å²) >= 11 is 3.14. The van der Waals surface area contributed by atoms with E-state index >= 15 is 0 Å². The molecule has 2 rings (SSSR count). The molecule has 1 fully saturated rings. The average molecular weight is 260 g/mol. The molecule has 1 N–H and O–H groups in total. The zero-order valence-corrected chi connectivity index (χ0v) is 9.04. The minimum Gasteiger partial charge on any atom is -0.444 e. The van der Waals surface area contributed by atoms with Crippen LogP contribution in [0.5, 0.6) is 0 Å². The van der Waals surface area contributed by atoms with Crippen molar-refractivity contribution in [1.82, 2.24) is 5.32 Å². The summed E-state index contributed by atoms with van der Waals surface area (Å²) < 4.78 is 10.8. The van der Waals surface area contributed by atoms with E-state index in [0.717, 1.165) is 6.42 Å². The molecule has 4 nitrogen and oxygen atoms in total. The van der Waals surface area contributed by atoms with Crippen LogP contribution in [0.3, 0.4) is 0 Å². The van der Waals surface area contributed by atoms with Crippen LogP contribution in [0.4, 0.5) is 0 Å². The summed E-state index contributed by atoms with van der Waals surface area (Å²) in [6.07, 6.45) is 0.869. The fourth-order valence-electron chi connectivity index (χ4n) is 1.34. The molecule has 0 aromatic carbocycles. The van der Waals surface area contributed by atoms with E-state index in [2.05, 4.69) is 21.2 Å². The molecule has 1 atom stereocenters. The minimum atomic E-state index is -0.189. The first-order chi connectivity index (χ1) is 6.75. The first-order valence-corrected chi connectivity index (χ1v) is 5.19. The van der Waals surface area contributed by atoms with E-state index in [4.69, 9.17) is 9.15 Å². The van der Waals surface area contributed by atoms with Crippen LogP contribution in [0.25, 0.3) is 0 Å². The molecule has 2 heterocycles. The number of nitrogens with one attached hydrogen (secondary N) is 1. The van der Waals surface area contributed by atoms with Crippen molar-refractivity contribution < 1.29 is 13.9 Å². The maximum Gasteiger partial charge on any atom is 0.287 e. The van der Waals surface area contributed by atoms with E-state index in [-0.39, 0.29) is 11.9 Å². The Hall–Kier alpha value is -0.810. The molecule has 1 unspecified atom stereocenters. The van der Waals surface area contributed by atoms with Gasteiger partial charge in [-0.3, -0.25) is 4.79 Å². The lowest BCUT2D eigenvalue weighted by molar-refractivity contribution is 0.0900. The average Bonchev–Trinajstić information content (AvgIpc) is 2.75. The first kappa shape index (κ1) is 9.73. The third-order valence-corrected chi connectivity index (χ3v) is 2.49. The van der Waals surface area contributed by atoms with Gasteiger partial charge in [-0.2, -0.15) is 0 Å². The van der Waals surface area contributed by atoms with Gasteiger partial charge in [-0.05, 0) is 34.5 Å². The molecule has 76 valence electrons. The molecule has 5 heteroatoms. The van der Waals surface area contributed by atoms with Gasteiger partial charge in [-0.25, -0.2) is 0 Å². The van der Waals surface area contributed by atoms with E-state index in [1.807, 2.05) is 0 Å². The number of carbonyl (C=O) groups is 1. The molecule has 1 aliphatic heterocycles. The molecule has 0 spiro atoms. The van der Waals surface area contributed by atoms with Gasteiger partial charge in [0.25, 0.3) is 5.91 Å².